The number of carbonyl (C=O) groups is 2. The number of nitrogen functional groups attached to an aromatic ring is 1. The summed E-state index contributed by atoms with van der Waals surface area (Å²) in [7, 11) is 2.10. The number of carboxylic acid groups (broad SMARTS) is 2. The van der Waals surface area contributed by atoms with Gasteiger partial charge in [0, 0.05) is 25.2 Å². The normalized spacial score (nSPS) is 15.1. The second-order valence-corrected chi connectivity index (χ2v) is 6.06. The number of likely N-dealkylation sites (N-methyl/N-ethyl adjacent to an activating group) is 1. The Balaban J connectivity index is 0.000000261. The summed E-state index contributed by atoms with van der Waals surface area (Å²) < 4.78 is 0.707. The molecule has 0 amide bonds. The molecule has 1 aliphatic rings. The number of halogens is 1. The van der Waals surface area contributed by atoms with Crippen LogP contribution in [0.3, 0.4) is 0 Å². The van der Waals surface area contributed by atoms with Crippen LogP contribution in [-0.2, 0) is 9.59 Å². The molecule has 0 aromatic carbocycles. The zero-order valence-corrected chi connectivity index (χ0v) is 13.4. The highest BCUT2D eigenvalue weighted by atomic mass is 35.5. The third-order valence-electron chi connectivity index (χ3n) is 2.69. The van der Waals surface area contributed by atoms with Gasteiger partial charge in [0.15, 0.2) is 5.13 Å². The molecule has 0 spiro atoms. The summed E-state index contributed by atoms with van der Waals surface area (Å²) in [4.78, 5) is 25.6. The van der Waals surface area contributed by atoms with Gasteiger partial charge in [-0.05, 0) is 19.0 Å². The van der Waals surface area contributed by atoms with Crippen LogP contribution < -0.4 is 5.73 Å². The van der Waals surface area contributed by atoms with Gasteiger partial charge in [0.2, 0.25) is 0 Å². The van der Waals surface area contributed by atoms with E-state index in [9.17, 15) is 9.59 Å². The number of aromatic nitrogens is 1. The molecule has 1 aromatic rings. The van der Waals surface area contributed by atoms with E-state index in [0.29, 0.717) is 21.6 Å². The average molecular weight is 346 g/mol. The van der Waals surface area contributed by atoms with E-state index in [4.69, 9.17) is 27.5 Å². The van der Waals surface area contributed by atoms with Crippen LogP contribution in [0.5, 0.6) is 0 Å². The fourth-order valence-electron chi connectivity index (χ4n) is 1.64. The Morgan fingerprint density at radius 3 is 2.36 bits per heavy atom. The average Bonchev–Trinajstić information content (AvgIpc) is 2.77. The molecule has 0 aliphatic carbocycles. The van der Waals surface area contributed by atoms with Crippen molar-refractivity contribution in [1.29, 1.82) is 0 Å². The number of hydrogen-bond acceptors (Lipinski definition) is 6. The molecule has 0 saturated heterocycles. The summed E-state index contributed by atoms with van der Waals surface area (Å²) in [6.45, 7) is 2.02. The number of hydrogen-bond donors (Lipinski definition) is 3. The maximum Gasteiger partial charge on any atom is 0.328 e. The van der Waals surface area contributed by atoms with Gasteiger partial charge in [-0.2, -0.15) is 0 Å². The largest absolute Gasteiger partial charge is 0.478 e. The summed E-state index contributed by atoms with van der Waals surface area (Å²) in [5.74, 6) is -2.51. The van der Waals surface area contributed by atoms with Gasteiger partial charge >= 0.3 is 11.9 Å². The number of rotatable bonds is 3. The predicted molar refractivity (Wildman–Crippen MR) is 86.0 cm³/mol. The van der Waals surface area contributed by atoms with E-state index in [-0.39, 0.29) is 0 Å². The van der Waals surface area contributed by atoms with Crippen molar-refractivity contribution in [2.24, 2.45) is 0 Å². The molecule has 7 nitrogen and oxygen atoms in total. The standard InChI is InChI=1S/C9H12ClN3S.C4H4O4/c1-13-4-2-6(3-5-13)7-8(10)14-9(11)12-7;5-3(6)1-2-4(7)8/h2H,3-5H2,1H3,(H2,11,12);1-2H,(H,5,6)(H,7,8)/b;2-1-. The van der Waals surface area contributed by atoms with Gasteiger partial charge in [0.05, 0.1) is 5.69 Å². The van der Waals surface area contributed by atoms with Crippen LogP contribution in [0, 0.1) is 0 Å². The van der Waals surface area contributed by atoms with E-state index < -0.39 is 11.9 Å². The van der Waals surface area contributed by atoms with Crippen molar-refractivity contribution < 1.29 is 19.8 Å². The maximum atomic E-state index is 9.55. The minimum Gasteiger partial charge on any atom is -0.478 e. The van der Waals surface area contributed by atoms with Crippen molar-refractivity contribution in [3.05, 3.63) is 28.3 Å². The first-order valence-corrected chi connectivity index (χ1v) is 7.42. The van der Waals surface area contributed by atoms with Crippen LogP contribution in [0.15, 0.2) is 18.2 Å². The molecule has 22 heavy (non-hydrogen) atoms. The predicted octanol–water partition coefficient (Wildman–Crippen LogP) is 1.81. The van der Waals surface area contributed by atoms with E-state index in [1.54, 1.807) is 0 Å². The highest BCUT2D eigenvalue weighted by Gasteiger charge is 2.15. The van der Waals surface area contributed by atoms with E-state index in [0.717, 1.165) is 25.2 Å². The first kappa shape index (κ1) is 18.1. The fraction of sp³-hybridized carbons (Fsp3) is 0.308. The van der Waals surface area contributed by atoms with Crippen LogP contribution in [0.4, 0.5) is 5.13 Å². The van der Waals surface area contributed by atoms with Crippen molar-refractivity contribution in [3.8, 4) is 0 Å². The zero-order chi connectivity index (χ0) is 16.7. The molecule has 120 valence electrons. The summed E-state index contributed by atoms with van der Waals surface area (Å²) in [6.07, 6.45) is 4.29. The van der Waals surface area contributed by atoms with Crippen LogP contribution in [0.25, 0.3) is 5.57 Å². The topological polar surface area (TPSA) is 117 Å². The van der Waals surface area contributed by atoms with Gasteiger partial charge in [-0.3, -0.25) is 0 Å². The summed E-state index contributed by atoms with van der Waals surface area (Å²) in [6, 6.07) is 0. The van der Waals surface area contributed by atoms with Crippen LogP contribution in [0.2, 0.25) is 4.34 Å². The van der Waals surface area contributed by atoms with Crippen molar-refractivity contribution in [1.82, 2.24) is 9.88 Å². The minimum atomic E-state index is -1.26. The van der Waals surface area contributed by atoms with Gasteiger partial charge in [-0.1, -0.05) is 29.0 Å². The first-order chi connectivity index (χ1) is 10.3. The molecule has 2 rings (SSSR count). The monoisotopic (exact) mass is 345 g/mol. The first-order valence-electron chi connectivity index (χ1n) is 6.23. The third kappa shape index (κ3) is 6.25. The zero-order valence-electron chi connectivity index (χ0n) is 11.8. The lowest BCUT2D eigenvalue weighted by molar-refractivity contribution is -0.134. The Labute approximate surface area is 136 Å². The highest BCUT2D eigenvalue weighted by molar-refractivity contribution is 7.19. The van der Waals surface area contributed by atoms with E-state index in [2.05, 4.69) is 23.0 Å². The van der Waals surface area contributed by atoms with Crippen LogP contribution in [-0.4, -0.2) is 52.2 Å². The smallest absolute Gasteiger partial charge is 0.328 e. The third-order valence-corrected chi connectivity index (χ3v) is 3.77. The number of thiazole rings is 1. The molecular weight excluding hydrogens is 330 g/mol. The maximum absolute atomic E-state index is 9.55. The second-order valence-electron chi connectivity index (χ2n) is 4.43. The Hall–Kier alpha value is -1.90. The van der Waals surface area contributed by atoms with Gasteiger partial charge in [-0.25, -0.2) is 14.6 Å². The lowest BCUT2D eigenvalue weighted by Crippen LogP contribution is -2.23. The number of nitrogens with two attached hydrogens (primary N) is 1. The number of anilines is 1. The molecular formula is C13H16ClN3O4S. The van der Waals surface area contributed by atoms with E-state index in [1.165, 1.54) is 16.9 Å². The second kappa shape index (κ2) is 8.52. The fourth-order valence-corrected chi connectivity index (χ4v) is 2.64. The Morgan fingerprint density at radius 2 is 2.00 bits per heavy atom. The lowest BCUT2D eigenvalue weighted by Gasteiger charge is -2.20. The van der Waals surface area contributed by atoms with Gasteiger partial charge in [0.25, 0.3) is 0 Å². The molecule has 1 aliphatic heterocycles. The molecule has 0 unspecified atom stereocenters. The lowest BCUT2D eigenvalue weighted by atomic mass is 10.1. The molecule has 1 aromatic heterocycles. The SMILES string of the molecule is CN1CC=C(c2nc(N)sc2Cl)CC1.O=C(O)/C=C\C(=O)O. The Bertz CT molecular complexity index is 596. The molecule has 0 radical (unpaired) electrons. The highest BCUT2D eigenvalue weighted by Crippen LogP contribution is 2.33. The molecule has 0 fully saturated rings. The van der Waals surface area contributed by atoms with Crippen molar-refractivity contribution in [2.45, 2.75) is 6.42 Å². The van der Waals surface area contributed by atoms with E-state index >= 15 is 0 Å². The quantitative estimate of drug-likeness (QED) is 0.715. The number of aliphatic carboxylic acids is 2. The van der Waals surface area contributed by atoms with Gasteiger partial charge in [0.1, 0.15) is 4.34 Å². The number of nitrogens with zero attached hydrogens (tertiary/aromatic N) is 2. The van der Waals surface area contributed by atoms with Crippen LogP contribution in [0.1, 0.15) is 12.1 Å². The summed E-state index contributed by atoms with van der Waals surface area (Å²) in [5.41, 5.74) is 7.70. The minimum absolute atomic E-state index is 0.546. The van der Waals surface area contributed by atoms with Crippen molar-refractivity contribution >= 4 is 45.6 Å². The number of carboxylic acids is 2. The molecule has 0 saturated carbocycles. The van der Waals surface area contributed by atoms with E-state index in [1.807, 2.05) is 0 Å². The van der Waals surface area contributed by atoms with Crippen LogP contribution >= 0.6 is 22.9 Å². The van der Waals surface area contributed by atoms with Crippen molar-refractivity contribution in [3.63, 3.8) is 0 Å². The molecule has 0 bridgehead atoms. The molecule has 9 heteroatoms. The van der Waals surface area contributed by atoms with Crippen molar-refractivity contribution in [2.75, 3.05) is 25.9 Å². The summed E-state index contributed by atoms with van der Waals surface area (Å²) >= 11 is 7.38. The van der Waals surface area contributed by atoms with Gasteiger partial charge in [-0.15, -0.1) is 0 Å². The molecule has 2 heterocycles. The molecule has 0 atom stereocenters. The Kier molecular flexibility index (Phi) is 7.03. The summed E-state index contributed by atoms with van der Waals surface area (Å²) in [5, 5.41) is 16.2. The van der Waals surface area contributed by atoms with Gasteiger partial charge < -0.3 is 20.8 Å². The Morgan fingerprint density at radius 1 is 1.41 bits per heavy atom. The molecule has 4 N–H and O–H groups in total.